The first kappa shape index (κ1) is 11.2. The van der Waals surface area contributed by atoms with Crippen LogP contribution in [-0.2, 0) is 0 Å². The van der Waals surface area contributed by atoms with Crippen molar-refractivity contribution in [3.8, 4) is 11.3 Å². The summed E-state index contributed by atoms with van der Waals surface area (Å²) in [6.45, 7) is 1.78. The van der Waals surface area contributed by atoms with Crippen molar-refractivity contribution < 1.29 is 8.78 Å². The molecule has 0 aliphatic rings. The monoisotopic (exact) mass is 240 g/mol. The summed E-state index contributed by atoms with van der Waals surface area (Å²) >= 11 is 1.30. The Labute approximate surface area is 95.7 Å². The second-order valence-electron chi connectivity index (χ2n) is 3.46. The summed E-state index contributed by atoms with van der Waals surface area (Å²) in [5, 5.41) is 2.28. The van der Waals surface area contributed by atoms with Crippen LogP contribution in [0.3, 0.4) is 0 Å². The molecule has 0 fully saturated rings. The summed E-state index contributed by atoms with van der Waals surface area (Å²) in [6, 6.07) is 3.52. The predicted molar refractivity (Wildman–Crippen MR) is 60.1 cm³/mol. The van der Waals surface area contributed by atoms with Crippen LogP contribution in [0, 0.1) is 11.6 Å². The van der Waals surface area contributed by atoms with Crippen LogP contribution in [0.4, 0.5) is 8.78 Å². The number of benzene rings is 1. The third kappa shape index (κ3) is 1.96. The summed E-state index contributed by atoms with van der Waals surface area (Å²) < 4.78 is 26.9. The van der Waals surface area contributed by atoms with Crippen molar-refractivity contribution >= 4 is 11.3 Å². The molecule has 16 heavy (non-hydrogen) atoms. The van der Waals surface area contributed by atoms with Crippen molar-refractivity contribution in [2.75, 3.05) is 0 Å². The molecule has 2 N–H and O–H groups in total. The van der Waals surface area contributed by atoms with Crippen LogP contribution in [0.15, 0.2) is 23.6 Å². The number of nitrogens with zero attached hydrogens (tertiary/aromatic N) is 1. The van der Waals surface area contributed by atoms with Gasteiger partial charge in [-0.3, -0.25) is 0 Å². The normalized spacial score (nSPS) is 12.8. The van der Waals surface area contributed by atoms with Crippen molar-refractivity contribution in [3.63, 3.8) is 0 Å². The Kier molecular flexibility index (Phi) is 2.98. The summed E-state index contributed by atoms with van der Waals surface area (Å²) in [4.78, 5) is 4.12. The van der Waals surface area contributed by atoms with Gasteiger partial charge >= 0.3 is 0 Å². The van der Waals surface area contributed by atoms with E-state index in [0.29, 0.717) is 10.7 Å². The predicted octanol–water partition coefficient (Wildman–Crippen LogP) is 3.11. The van der Waals surface area contributed by atoms with Crippen molar-refractivity contribution in [1.82, 2.24) is 4.98 Å². The lowest BCUT2D eigenvalue weighted by atomic mass is 10.1. The largest absolute Gasteiger partial charge is 0.322 e. The molecule has 84 valence electrons. The van der Waals surface area contributed by atoms with Gasteiger partial charge in [-0.2, -0.15) is 0 Å². The first-order valence-corrected chi connectivity index (χ1v) is 5.63. The van der Waals surface area contributed by atoms with Crippen LogP contribution in [0.2, 0.25) is 0 Å². The molecule has 0 radical (unpaired) electrons. The molecule has 2 rings (SSSR count). The molecule has 1 unspecified atom stereocenters. The highest BCUT2D eigenvalue weighted by Crippen LogP contribution is 2.28. The summed E-state index contributed by atoms with van der Waals surface area (Å²) in [5.74, 6) is -1.22. The maximum Gasteiger partial charge on any atom is 0.135 e. The van der Waals surface area contributed by atoms with Gasteiger partial charge in [0.15, 0.2) is 0 Å². The molecule has 0 spiro atoms. The van der Waals surface area contributed by atoms with E-state index < -0.39 is 11.6 Å². The third-order valence-corrected chi connectivity index (χ3v) is 3.18. The Morgan fingerprint density at radius 3 is 2.44 bits per heavy atom. The molecule has 0 saturated carbocycles. The second-order valence-corrected chi connectivity index (χ2v) is 4.35. The Morgan fingerprint density at radius 2 is 1.94 bits per heavy atom. The minimum atomic E-state index is -0.610. The van der Waals surface area contributed by atoms with Gasteiger partial charge in [-0.25, -0.2) is 13.8 Å². The SMILES string of the molecule is CC(N)c1nc(-c2c(F)cccc2F)cs1. The first-order valence-electron chi connectivity index (χ1n) is 4.75. The fourth-order valence-electron chi connectivity index (χ4n) is 1.35. The fraction of sp³-hybridized carbons (Fsp3) is 0.182. The Morgan fingerprint density at radius 1 is 1.31 bits per heavy atom. The van der Waals surface area contributed by atoms with E-state index in [9.17, 15) is 8.78 Å². The second kappa shape index (κ2) is 4.27. The molecule has 1 aromatic carbocycles. The molecule has 1 aromatic heterocycles. The van der Waals surface area contributed by atoms with Gasteiger partial charge in [-0.05, 0) is 19.1 Å². The average molecular weight is 240 g/mol. The molecule has 2 nitrogen and oxygen atoms in total. The van der Waals surface area contributed by atoms with E-state index in [-0.39, 0.29) is 11.6 Å². The molecule has 0 saturated heterocycles. The quantitative estimate of drug-likeness (QED) is 0.876. The molecule has 0 amide bonds. The standard InChI is InChI=1S/C11H10F2N2S/c1-6(14)11-15-9(5-16-11)10-7(12)3-2-4-8(10)13/h2-6H,14H2,1H3. The number of hydrogen-bond donors (Lipinski definition) is 1. The van der Waals surface area contributed by atoms with Crippen LogP contribution in [0.25, 0.3) is 11.3 Å². The average Bonchev–Trinajstić information content (AvgIpc) is 2.66. The van der Waals surface area contributed by atoms with Gasteiger partial charge in [0.1, 0.15) is 16.6 Å². The number of rotatable bonds is 2. The van der Waals surface area contributed by atoms with E-state index in [2.05, 4.69) is 4.98 Å². The van der Waals surface area contributed by atoms with Gasteiger partial charge in [0.25, 0.3) is 0 Å². The van der Waals surface area contributed by atoms with Gasteiger partial charge in [-0.1, -0.05) is 6.07 Å². The van der Waals surface area contributed by atoms with Gasteiger partial charge in [0.05, 0.1) is 17.3 Å². The zero-order chi connectivity index (χ0) is 11.7. The van der Waals surface area contributed by atoms with Gasteiger partial charge in [0.2, 0.25) is 0 Å². The van der Waals surface area contributed by atoms with Crippen LogP contribution in [0.1, 0.15) is 18.0 Å². The van der Waals surface area contributed by atoms with E-state index in [1.165, 1.54) is 29.5 Å². The van der Waals surface area contributed by atoms with Crippen LogP contribution < -0.4 is 5.73 Å². The third-order valence-electron chi connectivity index (χ3n) is 2.13. The van der Waals surface area contributed by atoms with E-state index in [1.54, 1.807) is 12.3 Å². The summed E-state index contributed by atoms with van der Waals surface area (Å²) in [6.07, 6.45) is 0. The van der Waals surface area contributed by atoms with Crippen LogP contribution in [0.5, 0.6) is 0 Å². The maximum absolute atomic E-state index is 13.4. The van der Waals surface area contributed by atoms with Gasteiger partial charge in [-0.15, -0.1) is 11.3 Å². The lowest BCUT2D eigenvalue weighted by molar-refractivity contribution is 0.588. The molecular formula is C11H10F2N2S. The number of nitrogens with two attached hydrogens (primary N) is 1. The lowest BCUT2D eigenvalue weighted by Crippen LogP contribution is -2.04. The lowest BCUT2D eigenvalue weighted by Gasteiger charge is -2.01. The number of halogens is 2. The van der Waals surface area contributed by atoms with Gasteiger partial charge < -0.3 is 5.73 Å². The molecule has 2 aromatic rings. The molecule has 5 heteroatoms. The number of hydrogen-bond acceptors (Lipinski definition) is 3. The highest BCUT2D eigenvalue weighted by atomic mass is 32.1. The minimum Gasteiger partial charge on any atom is -0.322 e. The maximum atomic E-state index is 13.4. The fourth-order valence-corrected chi connectivity index (χ4v) is 2.12. The zero-order valence-electron chi connectivity index (χ0n) is 8.58. The summed E-state index contributed by atoms with van der Waals surface area (Å²) in [5.41, 5.74) is 5.85. The van der Waals surface area contributed by atoms with Gasteiger partial charge in [0, 0.05) is 5.38 Å². The van der Waals surface area contributed by atoms with Crippen molar-refractivity contribution in [3.05, 3.63) is 40.2 Å². The van der Waals surface area contributed by atoms with Crippen molar-refractivity contribution in [2.45, 2.75) is 13.0 Å². The first-order chi connectivity index (χ1) is 7.59. The molecule has 1 atom stereocenters. The van der Waals surface area contributed by atoms with E-state index in [4.69, 9.17) is 5.73 Å². The number of aromatic nitrogens is 1. The topological polar surface area (TPSA) is 38.9 Å². The van der Waals surface area contributed by atoms with Crippen molar-refractivity contribution in [2.24, 2.45) is 5.73 Å². The van der Waals surface area contributed by atoms with Crippen LogP contribution in [-0.4, -0.2) is 4.98 Å². The van der Waals surface area contributed by atoms with Crippen LogP contribution >= 0.6 is 11.3 Å². The van der Waals surface area contributed by atoms with E-state index >= 15 is 0 Å². The summed E-state index contributed by atoms with van der Waals surface area (Å²) in [7, 11) is 0. The van der Waals surface area contributed by atoms with Crippen molar-refractivity contribution in [1.29, 1.82) is 0 Å². The Balaban J connectivity index is 2.50. The highest BCUT2D eigenvalue weighted by molar-refractivity contribution is 7.10. The smallest absolute Gasteiger partial charge is 0.135 e. The molecular weight excluding hydrogens is 230 g/mol. The Bertz CT molecular complexity index is 488. The number of thiazole rings is 1. The molecule has 1 heterocycles. The minimum absolute atomic E-state index is 0.0920. The molecule has 0 bridgehead atoms. The molecule has 0 aliphatic heterocycles. The molecule has 0 aliphatic carbocycles. The Hall–Kier alpha value is -1.33. The van der Waals surface area contributed by atoms with E-state index in [1.807, 2.05) is 0 Å². The zero-order valence-corrected chi connectivity index (χ0v) is 9.39. The highest BCUT2D eigenvalue weighted by Gasteiger charge is 2.15. The van der Waals surface area contributed by atoms with E-state index in [0.717, 1.165) is 0 Å².